The van der Waals surface area contributed by atoms with Crippen LogP contribution in [0.1, 0.15) is 11.7 Å². The Labute approximate surface area is 108 Å². The van der Waals surface area contributed by atoms with Gasteiger partial charge in [-0.3, -0.25) is 0 Å². The van der Waals surface area contributed by atoms with Crippen LogP contribution < -0.4 is 5.32 Å². The fourth-order valence-corrected chi connectivity index (χ4v) is 2.04. The smallest absolute Gasteiger partial charge is 0.109 e. The van der Waals surface area contributed by atoms with Crippen molar-refractivity contribution in [3.05, 3.63) is 46.7 Å². The predicted molar refractivity (Wildman–Crippen MR) is 70.2 cm³/mol. The summed E-state index contributed by atoms with van der Waals surface area (Å²) in [6.45, 7) is 0.546. The number of halogens is 1. The zero-order valence-corrected chi connectivity index (χ0v) is 11.1. The second-order valence-corrected chi connectivity index (χ2v) is 4.54. The van der Waals surface area contributed by atoms with Crippen molar-refractivity contribution in [2.24, 2.45) is 0 Å². The summed E-state index contributed by atoms with van der Waals surface area (Å²) in [5.41, 5.74) is 1.86. The lowest BCUT2D eigenvalue weighted by atomic mass is 10.1. The first-order valence-corrected chi connectivity index (χ1v) is 6.14. The van der Waals surface area contributed by atoms with Crippen molar-refractivity contribution in [2.45, 2.75) is 6.10 Å². The van der Waals surface area contributed by atoms with Crippen molar-refractivity contribution < 1.29 is 5.11 Å². The monoisotopic (exact) mass is 295 g/mol. The van der Waals surface area contributed by atoms with Crippen LogP contribution in [0.25, 0.3) is 5.69 Å². The van der Waals surface area contributed by atoms with Crippen LogP contribution in [0.15, 0.2) is 41.1 Å². The first kappa shape index (κ1) is 12.3. The molecule has 0 spiro atoms. The summed E-state index contributed by atoms with van der Waals surface area (Å²) < 4.78 is 2.69. The van der Waals surface area contributed by atoms with Crippen LogP contribution in [-0.2, 0) is 0 Å². The molecule has 1 aromatic carbocycles. The number of rotatable bonds is 4. The van der Waals surface area contributed by atoms with Crippen molar-refractivity contribution in [1.29, 1.82) is 0 Å². The SMILES string of the molecule is CNCC(O)c1ccc(-n2nccc2Br)cc1. The highest BCUT2D eigenvalue weighted by atomic mass is 79.9. The Balaban J connectivity index is 2.21. The van der Waals surface area contributed by atoms with Crippen LogP contribution in [0.5, 0.6) is 0 Å². The highest BCUT2D eigenvalue weighted by Crippen LogP contribution is 2.18. The second kappa shape index (κ2) is 5.44. The van der Waals surface area contributed by atoms with Gasteiger partial charge in [-0.1, -0.05) is 12.1 Å². The number of nitrogens with zero attached hydrogens (tertiary/aromatic N) is 2. The lowest BCUT2D eigenvalue weighted by molar-refractivity contribution is 0.178. The minimum absolute atomic E-state index is 0.477. The number of benzene rings is 1. The topological polar surface area (TPSA) is 50.1 Å². The number of nitrogens with one attached hydrogen (secondary N) is 1. The van der Waals surface area contributed by atoms with Gasteiger partial charge in [-0.2, -0.15) is 5.10 Å². The van der Waals surface area contributed by atoms with E-state index in [9.17, 15) is 5.11 Å². The first-order chi connectivity index (χ1) is 8.22. The molecule has 0 fully saturated rings. The molecule has 5 heteroatoms. The molecule has 0 saturated carbocycles. The second-order valence-electron chi connectivity index (χ2n) is 3.73. The number of aliphatic hydroxyl groups excluding tert-OH is 1. The van der Waals surface area contributed by atoms with E-state index < -0.39 is 6.10 Å². The molecule has 0 bridgehead atoms. The number of hydrogen-bond donors (Lipinski definition) is 2. The quantitative estimate of drug-likeness (QED) is 0.906. The summed E-state index contributed by atoms with van der Waals surface area (Å²) in [7, 11) is 1.82. The minimum Gasteiger partial charge on any atom is -0.387 e. The number of aromatic nitrogens is 2. The molecule has 1 heterocycles. The lowest BCUT2D eigenvalue weighted by Crippen LogP contribution is -2.16. The summed E-state index contributed by atoms with van der Waals surface area (Å²) in [5.74, 6) is 0. The molecule has 2 N–H and O–H groups in total. The highest BCUT2D eigenvalue weighted by molar-refractivity contribution is 9.10. The molecule has 2 aromatic rings. The first-order valence-electron chi connectivity index (χ1n) is 5.35. The van der Waals surface area contributed by atoms with Gasteiger partial charge in [-0.15, -0.1) is 0 Å². The van der Waals surface area contributed by atoms with Crippen LogP contribution in [0.3, 0.4) is 0 Å². The van der Waals surface area contributed by atoms with Crippen molar-refractivity contribution >= 4 is 15.9 Å². The van der Waals surface area contributed by atoms with Gasteiger partial charge in [0.2, 0.25) is 0 Å². The van der Waals surface area contributed by atoms with E-state index in [0.29, 0.717) is 6.54 Å². The molecular formula is C12H14BrN3O. The average Bonchev–Trinajstić information content (AvgIpc) is 2.76. The summed E-state index contributed by atoms with van der Waals surface area (Å²) in [5, 5.41) is 16.9. The van der Waals surface area contributed by atoms with E-state index in [2.05, 4.69) is 26.3 Å². The van der Waals surface area contributed by atoms with Gasteiger partial charge in [0.05, 0.1) is 18.0 Å². The van der Waals surface area contributed by atoms with Gasteiger partial charge < -0.3 is 10.4 Å². The molecule has 0 radical (unpaired) electrons. The molecule has 1 aromatic heterocycles. The van der Waals surface area contributed by atoms with Crippen LogP contribution >= 0.6 is 15.9 Å². The summed E-state index contributed by atoms with van der Waals surface area (Å²) in [6.07, 6.45) is 1.25. The largest absolute Gasteiger partial charge is 0.387 e. The maximum absolute atomic E-state index is 9.80. The summed E-state index contributed by atoms with van der Waals surface area (Å²) in [4.78, 5) is 0. The standard InChI is InChI=1S/C12H14BrN3O/c1-14-8-11(17)9-2-4-10(5-3-9)16-12(13)6-7-15-16/h2-7,11,14,17H,8H2,1H3. The molecule has 17 heavy (non-hydrogen) atoms. The van der Waals surface area contributed by atoms with Gasteiger partial charge in [-0.25, -0.2) is 4.68 Å². The highest BCUT2D eigenvalue weighted by Gasteiger charge is 2.07. The van der Waals surface area contributed by atoms with Gasteiger partial charge >= 0.3 is 0 Å². The normalized spacial score (nSPS) is 12.6. The van der Waals surface area contributed by atoms with E-state index in [1.54, 1.807) is 10.9 Å². The van der Waals surface area contributed by atoms with Gasteiger partial charge in [0.15, 0.2) is 0 Å². The van der Waals surface area contributed by atoms with Gasteiger partial charge in [0.1, 0.15) is 4.60 Å². The Morgan fingerprint density at radius 3 is 2.59 bits per heavy atom. The number of hydrogen-bond acceptors (Lipinski definition) is 3. The van der Waals surface area contributed by atoms with E-state index >= 15 is 0 Å². The summed E-state index contributed by atoms with van der Waals surface area (Å²) in [6, 6.07) is 9.57. The zero-order chi connectivity index (χ0) is 12.3. The molecular weight excluding hydrogens is 282 g/mol. The number of likely N-dealkylation sites (N-methyl/N-ethyl adjacent to an activating group) is 1. The zero-order valence-electron chi connectivity index (χ0n) is 9.47. The molecule has 0 aliphatic rings. The lowest BCUT2D eigenvalue weighted by Gasteiger charge is -2.11. The van der Waals surface area contributed by atoms with E-state index in [1.807, 2.05) is 37.4 Å². The third-order valence-electron chi connectivity index (χ3n) is 2.52. The Kier molecular flexibility index (Phi) is 3.93. The fourth-order valence-electron chi connectivity index (χ4n) is 1.63. The molecule has 1 unspecified atom stereocenters. The fraction of sp³-hybridized carbons (Fsp3) is 0.250. The number of aliphatic hydroxyl groups is 1. The molecule has 2 rings (SSSR count). The predicted octanol–water partition coefficient (Wildman–Crippen LogP) is 1.89. The van der Waals surface area contributed by atoms with Crippen molar-refractivity contribution in [2.75, 3.05) is 13.6 Å². The maximum Gasteiger partial charge on any atom is 0.109 e. The van der Waals surface area contributed by atoms with Crippen LogP contribution in [-0.4, -0.2) is 28.5 Å². The van der Waals surface area contributed by atoms with E-state index in [0.717, 1.165) is 15.9 Å². The Morgan fingerprint density at radius 1 is 1.35 bits per heavy atom. The van der Waals surface area contributed by atoms with E-state index in [1.165, 1.54) is 0 Å². The van der Waals surface area contributed by atoms with E-state index in [-0.39, 0.29) is 0 Å². The summed E-state index contributed by atoms with van der Waals surface area (Å²) >= 11 is 3.42. The average molecular weight is 296 g/mol. The Bertz CT molecular complexity index is 481. The molecule has 0 amide bonds. The van der Waals surface area contributed by atoms with E-state index in [4.69, 9.17) is 0 Å². The Hall–Kier alpha value is -1.17. The van der Waals surface area contributed by atoms with Crippen LogP contribution in [0.2, 0.25) is 0 Å². The van der Waals surface area contributed by atoms with Crippen molar-refractivity contribution in [1.82, 2.24) is 15.1 Å². The van der Waals surface area contributed by atoms with Gasteiger partial charge in [0.25, 0.3) is 0 Å². The third-order valence-corrected chi connectivity index (χ3v) is 3.12. The molecule has 0 saturated heterocycles. The molecule has 90 valence electrons. The molecule has 0 aliphatic heterocycles. The molecule has 0 aliphatic carbocycles. The van der Waals surface area contributed by atoms with Crippen molar-refractivity contribution in [3.8, 4) is 5.69 Å². The van der Waals surface area contributed by atoms with Crippen molar-refractivity contribution in [3.63, 3.8) is 0 Å². The van der Waals surface area contributed by atoms with Crippen LogP contribution in [0, 0.1) is 0 Å². The maximum atomic E-state index is 9.80. The van der Waals surface area contributed by atoms with Gasteiger partial charge in [-0.05, 0) is 46.7 Å². The van der Waals surface area contributed by atoms with Gasteiger partial charge in [0, 0.05) is 6.54 Å². The third kappa shape index (κ3) is 2.74. The van der Waals surface area contributed by atoms with Crippen LogP contribution in [0.4, 0.5) is 0 Å². The minimum atomic E-state index is -0.477. The molecule has 1 atom stereocenters. The Morgan fingerprint density at radius 2 is 2.06 bits per heavy atom. The molecule has 4 nitrogen and oxygen atoms in total.